The summed E-state index contributed by atoms with van der Waals surface area (Å²) in [6.45, 7) is 2.80. The predicted octanol–water partition coefficient (Wildman–Crippen LogP) is 0.296. The third-order valence-corrected chi connectivity index (χ3v) is 3.80. The van der Waals surface area contributed by atoms with E-state index in [9.17, 15) is 9.59 Å². The molecule has 1 aromatic carbocycles. The number of rotatable bonds is 6. The number of nitrogens with zero attached hydrogens (tertiary/aromatic N) is 1. The maximum absolute atomic E-state index is 12.3. The van der Waals surface area contributed by atoms with Crippen LogP contribution in [0.4, 0.5) is 0 Å². The maximum atomic E-state index is 12.3. The van der Waals surface area contributed by atoms with Crippen LogP contribution in [0.2, 0.25) is 0 Å². The summed E-state index contributed by atoms with van der Waals surface area (Å²) >= 11 is 0. The molecule has 1 saturated heterocycles. The number of carbonyl (C=O) groups excluding carboxylic acids is 2. The number of piperazine rings is 1. The van der Waals surface area contributed by atoms with Gasteiger partial charge in [-0.05, 0) is 12.1 Å². The number of methoxy groups -OCH3 is 3. The monoisotopic (exact) mass is 373 g/mol. The van der Waals surface area contributed by atoms with Gasteiger partial charge in [0.2, 0.25) is 11.7 Å². The molecule has 0 saturated carbocycles. The highest BCUT2D eigenvalue weighted by atomic mass is 35.5. The quantitative estimate of drug-likeness (QED) is 0.745. The van der Waals surface area contributed by atoms with Crippen LogP contribution in [0.3, 0.4) is 0 Å². The number of carbonyl (C=O) groups is 2. The standard InChI is InChI=1S/C16H23N3O5.ClH/c1-22-12-8-11(9-13(23-2)15(12)24-3)16(21)18-10-14(20)19-6-4-17-5-7-19;/h8-9,17H,4-7,10H2,1-3H3,(H,18,21);1H. The number of hydrogen-bond acceptors (Lipinski definition) is 6. The molecule has 0 unspecified atom stereocenters. The van der Waals surface area contributed by atoms with E-state index in [0.29, 0.717) is 35.9 Å². The van der Waals surface area contributed by atoms with E-state index in [4.69, 9.17) is 14.2 Å². The topological polar surface area (TPSA) is 89.1 Å². The highest BCUT2D eigenvalue weighted by molar-refractivity contribution is 5.97. The number of halogens is 1. The Balaban J connectivity index is 0.00000312. The fourth-order valence-corrected chi connectivity index (χ4v) is 2.50. The number of ether oxygens (including phenoxy) is 3. The van der Waals surface area contributed by atoms with Crippen molar-refractivity contribution in [1.82, 2.24) is 15.5 Å². The molecule has 0 bridgehead atoms. The van der Waals surface area contributed by atoms with Gasteiger partial charge in [-0.2, -0.15) is 0 Å². The van der Waals surface area contributed by atoms with Gasteiger partial charge in [-0.1, -0.05) is 0 Å². The molecule has 0 radical (unpaired) electrons. The molecule has 0 spiro atoms. The Kier molecular flexibility index (Phi) is 8.30. The van der Waals surface area contributed by atoms with Crippen LogP contribution < -0.4 is 24.8 Å². The Labute approximate surface area is 153 Å². The number of nitrogens with one attached hydrogen (secondary N) is 2. The van der Waals surface area contributed by atoms with Gasteiger partial charge in [0, 0.05) is 31.7 Å². The Bertz CT molecular complexity index is 580. The number of hydrogen-bond donors (Lipinski definition) is 2. The third kappa shape index (κ3) is 5.14. The molecule has 2 amide bonds. The van der Waals surface area contributed by atoms with Crippen LogP contribution >= 0.6 is 12.4 Å². The summed E-state index contributed by atoms with van der Waals surface area (Å²) in [5.74, 6) is 0.703. The molecule has 140 valence electrons. The van der Waals surface area contributed by atoms with Gasteiger partial charge in [-0.25, -0.2) is 0 Å². The molecule has 0 aromatic heterocycles. The number of benzene rings is 1. The molecule has 1 heterocycles. The first-order valence-corrected chi connectivity index (χ1v) is 7.67. The van der Waals surface area contributed by atoms with E-state index in [1.165, 1.54) is 21.3 Å². The smallest absolute Gasteiger partial charge is 0.251 e. The second-order valence-electron chi connectivity index (χ2n) is 5.23. The Morgan fingerprint density at radius 3 is 2.12 bits per heavy atom. The normalized spacial score (nSPS) is 13.5. The molecule has 2 rings (SSSR count). The summed E-state index contributed by atoms with van der Waals surface area (Å²) < 4.78 is 15.7. The van der Waals surface area contributed by atoms with E-state index < -0.39 is 0 Å². The summed E-state index contributed by atoms with van der Waals surface area (Å²) in [6.07, 6.45) is 0. The van der Waals surface area contributed by atoms with Crippen molar-refractivity contribution >= 4 is 24.2 Å². The summed E-state index contributed by atoms with van der Waals surface area (Å²) in [7, 11) is 4.45. The van der Waals surface area contributed by atoms with E-state index in [1.54, 1.807) is 17.0 Å². The van der Waals surface area contributed by atoms with Crippen molar-refractivity contribution in [2.75, 3.05) is 54.1 Å². The molecule has 1 aliphatic heterocycles. The Morgan fingerprint density at radius 2 is 1.64 bits per heavy atom. The van der Waals surface area contributed by atoms with Gasteiger partial charge in [0.15, 0.2) is 11.5 Å². The molecular weight excluding hydrogens is 350 g/mol. The van der Waals surface area contributed by atoms with Crippen LogP contribution in [0.25, 0.3) is 0 Å². The summed E-state index contributed by atoms with van der Waals surface area (Å²) in [5.41, 5.74) is 0.331. The van der Waals surface area contributed by atoms with Gasteiger partial charge < -0.3 is 29.7 Å². The summed E-state index contributed by atoms with van der Waals surface area (Å²) in [5, 5.41) is 5.81. The van der Waals surface area contributed by atoms with E-state index in [0.717, 1.165) is 13.1 Å². The van der Waals surface area contributed by atoms with Crippen molar-refractivity contribution in [2.24, 2.45) is 0 Å². The minimum absolute atomic E-state index is 0. The van der Waals surface area contributed by atoms with E-state index in [2.05, 4.69) is 10.6 Å². The van der Waals surface area contributed by atoms with E-state index in [-0.39, 0.29) is 30.8 Å². The Morgan fingerprint density at radius 1 is 1.08 bits per heavy atom. The molecule has 8 nitrogen and oxygen atoms in total. The lowest BCUT2D eigenvalue weighted by Crippen LogP contribution is -2.49. The van der Waals surface area contributed by atoms with E-state index in [1.807, 2.05) is 0 Å². The molecule has 2 N–H and O–H groups in total. The molecule has 1 aliphatic rings. The average Bonchev–Trinajstić information content (AvgIpc) is 2.65. The van der Waals surface area contributed by atoms with Crippen LogP contribution in [-0.2, 0) is 4.79 Å². The molecule has 1 aromatic rings. The van der Waals surface area contributed by atoms with Gasteiger partial charge in [0.1, 0.15) is 0 Å². The van der Waals surface area contributed by atoms with Crippen LogP contribution in [0.15, 0.2) is 12.1 Å². The largest absolute Gasteiger partial charge is 0.493 e. The molecule has 0 aliphatic carbocycles. The third-order valence-electron chi connectivity index (χ3n) is 3.80. The van der Waals surface area contributed by atoms with Gasteiger partial charge in [0.05, 0.1) is 27.9 Å². The molecular formula is C16H24ClN3O5. The van der Waals surface area contributed by atoms with Crippen molar-refractivity contribution < 1.29 is 23.8 Å². The number of amides is 2. The minimum atomic E-state index is -0.377. The predicted molar refractivity (Wildman–Crippen MR) is 95.1 cm³/mol. The molecule has 25 heavy (non-hydrogen) atoms. The first kappa shape index (κ1) is 20.9. The lowest BCUT2D eigenvalue weighted by atomic mass is 10.1. The summed E-state index contributed by atoms with van der Waals surface area (Å²) in [4.78, 5) is 26.1. The highest BCUT2D eigenvalue weighted by Crippen LogP contribution is 2.38. The lowest BCUT2D eigenvalue weighted by molar-refractivity contribution is -0.130. The first-order chi connectivity index (χ1) is 11.6. The SMILES string of the molecule is COc1cc(C(=O)NCC(=O)N2CCNCC2)cc(OC)c1OC.Cl. The van der Waals surface area contributed by atoms with Crippen molar-refractivity contribution in [3.05, 3.63) is 17.7 Å². The second-order valence-corrected chi connectivity index (χ2v) is 5.23. The fourth-order valence-electron chi connectivity index (χ4n) is 2.50. The summed E-state index contributed by atoms with van der Waals surface area (Å²) in [6, 6.07) is 3.10. The molecule has 0 atom stereocenters. The van der Waals surface area contributed by atoms with Gasteiger partial charge in [0.25, 0.3) is 5.91 Å². The molecule has 1 fully saturated rings. The van der Waals surface area contributed by atoms with Gasteiger partial charge >= 0.3 is 0 Å². The zero-order valence-electron chi connectivity index (χ0n) is 14.6. The lowest BCUT2D eigenvalue weighted by Gasteiger charge is -2.27. The van der Waals surface area contributed by atoms with Crippen molar-refractivity contribution in [2.45, 2.75) is 0 Å². The first-order valence-electron chi connectivity index (χ1n) is 7.67. The Hall–Kier alpha value is -2.19. The van der Waals surface area contributed by atoms with Crippen LogP contribution in [0.5, 0.6) is 17.2 Å². The fraction of sp³-hybridized carbons (Fsp3) is 0.500. The average molecular weight is 374 g/mol. The van der Waals surface area contributed by atoms with Crippen molar-refractivity contribution in [3.63, 3.8) is 0 Å². The van der Waals surface area contributed by atoms with Crippen LogP contribution in [0, 0.1) is 0 Å². The highest BCUT2D eigenvalue weighted by Gasteiger charge is 2.19. The van der Waals surface area contributed by atoms with Crippen molar-refractivity contribution in [1.29, 1.82) is 0 Å². The molecule has 9 heteroatoms. The maximum Gasteiger partial charge on any atom is 0.251 e. The van der Waals surface area contributed by atoms with E-state index >= 15 is 0 Å². The zero-order valence-corrected chi connectivity index (χ0v) is 15.4. The minimum Gasteiger partial charge on any atom is -0.493 e. The van der Waals surface area contributed by atoms with Crippen LogP contribution in [0.1, 0.15) is 10.4 Å². The zero-order chi connectivity index (χ0) is 17.5. The van der Waals surface area contributed by atoms with Crippen molar-refractivity contribution in [3.8, 4) is 17.2 Å². The second kappa shape index (κ2) is 9.95. The van der Waals surface area contributed by atoms with Crippen LogP contribution in [-0.4, -0.2) is 70.8 Å². The van der Waals surface area contributed by atoms with Gasteiger partial charge in [-0.15, -0.1) is 12.4 Å². The van der Waals surface area contributed by atoms with Gasteiger partial charge in [-0.3, -0.25) is 9.59 Å².